The van der Waals surface area contributed by atoms with Gasteiger partial charge in [0, 0.05) is 25.9 Å². The van der Waals surface area contributed by atoms with Gasteiger partial charge in [0.1, 0.15) is 0 Å². The molecule has 7 rings (SSSR count). The Bertz CT molecular complexity index is 1720. The van der Waals surface area contributed by atoms with E-state index in [9.17, 15) is 0 Å². The topological polar surface area (TPSA) is 25.8 Å². The molecule has 1 aromatic heterocycles. The lowest BCUT2D eigenvalue weighted by Gasteiger charge is -2.18. The van der Waals surface area contributed by atoms with E-state index in [-0.39, 0.29) is 0 Å². The molecule has 0 aliphatic carbocycles. The Morgan fingerprint density at radius 1 is 0.457 bits per heavy atom. The second kappa shape index (κ2) is 8.27. The maximum Gasteiger partial charge on any atom is 0.159 e. The lowest BCUT2D eigenvalue weighted by Crippen LogP contribution is -2.24. The van der Waals surface area contributed by atoms with Crippen LogP contribution < -0.4 is 16.2 Å². The molecule has 7 aromatic rings. The van der Waals surface area contributed by atoms with Crippen molar-refractivity contribution in [3.63, 3.8) is 0 Å². The molecule has 0 bridgehead atoms. The molecule has 0 amide bonds. The van der Waals surface area contributed by atoms with Gasteiger partial charge in [-0.1, -0.05) is 115 Å². The van der Waals surface area contributed by atoms with Crippen molar-refractivity contribution in [3.05, 3.63) is 128 Å². The van der Waals surface area contributed by atoms with Crippen molar-refractivity contribution in [2.24, 2.45) is 0 Å². The zero-order valence-corrected chi connectivity index (χ0v) is 19.9. The van der Waals surface area contributed by atoms with Gasteiger partial charge in [-0.3, -0.25) is 0 Å². The summed E-state index contributed by atoms with van der Waals surface area (Å²) in [6.07, 6.45) is 3.99. The van der Waals surface area contributed by atoms with E-state index in [4.69, 9.17) is 9.97 Å². The molecule has 0 unspecified atom stereocenters. The van der Waals surface area contributed by atoms with E-state index in [0.717, 1.165) is 11.1 Å². The SMILES string of the molecule is c1ccc(P(c2ccccc2)c2ncc(-c3ccc4ccc5cccc6ccc3c4c56)cn2)cc1. The van der Waals surface area contributed by atoms with E-state index < -0.39 is 7.92 Å². The van der Waals surface area contributed by atoms with Gasteiger partial charge in [0.15, 0.2) is 5.57 Å². The smallest absolute Gasteiger partial charge is 0.159 e. The minimum Gasteiger partial charge on any atom is -0.236 e. The molecular weight excluding hydrogens is 443 g/mol. The zero-order valence-electron chi connectivity index (χ0n) is 19.0. The molecule has 0 radical (unpaired) electrons. The number of hydrogen-bond acceptors (Lipinski definition) is 2. The van der Waals surface area contributed by atoms with Gasteiger partial charge in [0.2, 0.25) is 0 Å². The van der Waals surface area contributed by atoms with Crippen LogP contribution in [0.1, 0.15) is 0 Å². The quantitative estimate of drug-likeness (QED) is 0.212. The van der Waals surface area contributed by atoms with Crippen molar-refractivity contribution < 1.29 is 0 Å². The van der Waals surface area contributed by atoms with Crippen molar-refractivity contribution in [1.29, 1.82) is 0 Å². The van der Waals surface area contributed by atoms with Gasteiger partial charge >= 0.3 is 0 Å². The first-order chi connectivity index (χ1) is 17.4. The number of benzene rings is 6. The number of aromatic nitrogens is 2. The Labute approximate surface area is 205 Å². The fraction of sp³-hybridized carbons (Fsp3) is 0. The highest BCUT2D eigenvalue weighted by atomic mass is 31.1. The summed E-state index contributed by atoms with van der Waals surface area (Å²) in [5.74, 6) is 0. The molecule has 0 saturated heterocycles. The fourth-order valence-electron chi connectivity index (χ4n) is 5.10. The predicted octanol–water partition coefficient (Wildman–Crippen LogP) is 6.80. The Hall–Kier alpha value is -4.13. The van der Waals surface area contributed by atoms with E-state index in [1.54, 1.807) is 0 Å². The van der Waals surface area contributed by atoms with Crippen molar-refractivity contribution in [3.8, 4) is 11.1 Å². The van der Waals surface area contributed by atoms with Gasteiger partial charge in [0.05, 0.1) is 0 Å². The summed E-state index contributed by atoms with van der Waals surface area (Å²) in [4.78, 5) is 9.87. The first-order valence-electron chi connectivity index (χ1n) is 11.8. The third kappa shape index (κ3) is 3.38. The summed E-state index contributed by atoms with van der Waals surface area (Å²) in [5, 5.41) is 10.2. The van der Waals surface area contributed by atoms with Crippen molar-refractivity contribution >= 4 is 56.4 Å². The van der Waals surface area contributed by atoms with E-state index >= 15 is 0 Å². The molecule has 0 spiro atoms. The van der Waals surface area contributed by atoms with Crippen LogP contribution in [0.5, 0.6) is 0 Å². The van der Waals surface area contributed by atoms with Crippen LogP contribution in [0, 0.1) is 0 Å². The molecule has 0 fully saturated rings. The first-order valence-corrected chi connectivity index (χ1v) is 13.1. The van der Waals surface area contributed by atoms with Crippen LogP contribution in [0.25, 0.3) is 43.4 Å². The standard InChI is InChI=1S/C32H21N2P/c1-3-10-26(11-4-1)35(27-12-5-2-6-13-27)32-33-20-25(21-34-32)28-18-16-24-15-14-22-8-7-9-23-17-19-29(28)31(24)30(22)23/h1-21H. The summed E-state index contributed by atoms with van der Waals surface area (Å²) in [5.41, 5.74) is 3.09. The molecule has 3 heteroatoms. The normalized spacial score (nSPS) is 11.7. The summed E-state index contributed by atoms with van der Waals surface area (Å²) in [6, 6.07) is 41.0. The van der Waals surface area contributed by atoms with Gasteiger partial charge < -0.3 is 0 Å². The Morgan fingerprint density at radius 3 is 1.63 bits per heavy atom. The maximum atomic E-state index is 4.93. The molecule has 1 heterocycles. The van der Waals surface area contributed by atoms with E-state index in [1.165, 1.54) is 48.5 Å². The molecule has 2 nitrogen and oxygen atoms in total. The highest BCUT2D eigenvalue weighted by Crippen LogP contribution is 2.39. The second-order valence-corrected chi connectivity index (χ2v) is 10.9. The molecule has 0 N–H and O–H groups in total. The van der Waals surface area contributed by atoms with Gasteiger partial charge in [-0.25, -0.2) is 9.97 Å². The lowest BCUT2D eigenvalue weighted by molar-refractivity contribution is 1.24. The van der Waals surface area contributed by atoms with Gasteiger partial charge in [0.25, 0.3) is 0 Å². The van der Waals surface area contributed by atoms with Crippen LogP contribution in [0.15, 0.2) is 128 Å². The zero-order chi connectivity index (χ0) is 23.2. The average Bonchev–Trinajstić information content (AvgIpc) is 2.93. The third-order valence-electron chi connectivity index (χ3n) is 6.71. The molecule has 164 valence electrons. The fourth-order valence-corrected chi connectivity index (χ4v) is 7.14. The second-order valence-electron chi connectivity index (χ2n) is 8.75. The van der Waals surface area contributed by atoms with E-state index in [0.29, 0.717) is 0 Å². The number of hydrogen-bond donors (Lipinski definition) is 0. The molecule has 0 aliphatic rings. The summed E-state index contributed by atoms with van der Waals surface area (Å²) in [6.45, 7) is 0. The molecule has 0 saturated carbocycles. The van der Waals surface area contributed by atoms with Crippen LogP contribution in [0.4, 0.5) is 0 Å². The van der Waals surface area contributed by atoms with E-state index in [2.05, 4.69) is 115 Å². The van der Waals surface area contributed by atoms with E-state index in [1.807, 2.05) is 12.4 Å². The predicted molar refractivity (Wildman–Crippen MR) is 150 cm³/mol. The number of nitrogens with zero attached hydrogens (tertiary/aromatic N) is 2. The summed E-state index contributed by atoms with van der Waals surface area (Å²) in [7, 11) is -0.817. The minimum absolute atomic E-state index is 0.817. The largest absolute Gasteiger partial charge is 0.236 e. The van der Waals surface area contributed by atoms with Crippen LogP contribution in [-0.4, -0.2) is 9.97 Å². The molecule has 0 aliphatic heterocycles. The van der Waals surface area contributed by atoms with Gasteiger partial charge in [-0.05, 0) is 48.5 Å². The van der Waals surface area contributed by atoms with Gasteiger partial charge in [-0.15, -0.1) is 0 Å². The molecular formula is C32H21N2P. The maximum absolute atomic E-state index is 4.93. The van der Waals surface area contributed by atoms with Gasteiger partial charge in [-0.2, -0.15) is 0 Å². The monoisotopic (exact) mass is 464 g/mol. The lowest BCUT2D eigenvalue weighted by atomic mass is 9.90. The highest BCUT2D eigenvalue weighted by Gasteiger charge is 2.19. The third-order valence-corrected chi connectivity index (χ3v) is 8.97. The number of rotatable bonds is 4. The molecule has 6 aromatic carbocycles. The van der Waals surface area contributed by atoms with Crippen molar-refractivity contribution in [1.82, 2.24) is 9.97 Å². The van der Waals surface area contributed by atoms with Crippen LogP contribution in [0.3, 0.4) is 0 Å². The van der Waals surface area contributed by atoms with Crippen LogP contribution in [0.2, 0.25) is 0 Å². The first kappa shape index (κ1) is 20.3. The van der Waals surface area contributed by atoms with Crippen molar-refractivity contribution in [2.75, 3.05) is 0 Å². The molecule has 0 atom stereocenters. The van der Waals surface area contributed by atoms with Crippen molar-refractivity contribution in [2.45, 2.75) is 0 Å². The molecule has 35 heavy (non-hydrogen) atoms. The Kier molecular flexibility index (Phi) is 4.79. The van der Waals surface area contributed by atoms with Crippen LogP contribution in [-0.2, 0) is 0 Å². The Morgan fingerprint density at radius 2 is 1.00 bits per heavy atom. The summed E-state index contributed by atoms with van der Waals surface area (Å²) < 4.78 is 0. The summed E-state index contributed by atoms with van der Waals surface area (Å²) >= 11 is 0. The Balaban J connectivity index is 1.38. The van der Waals surface area contributed by atoms with Crippen LogP contribution >= 0.6 is 7.92 Å². The minimum atomic E-state index is -0.817. The highest BCUT2D eigenvalue weighted by molar-refractivity contribution is 7.79. The average molecular weight is 465 g/mol.